The molecule has 0 fully saturated rings. The molecule has 0 unspecified atom stereocenters. The van der Waals surface area contributed by atoms with Gasteiger partial charge in [0.2, 0.25) is 0 Å². The van der Waals surface area contributed by atoms with Crippen molar-refractivity contribution in [3.05, 3.63) is 95.1 Å². The third kappa shape index (κ3) is 4.52. The first kappa shape index (κ1) is 20.3. The van der Waals surface area contributed by atoms with Crippen molar-refractivity contribution in [3.63, 3.8) is 0 Å². The quantitative estimate of drug-likeness (QED) is 0.606. The third-order valence-electron chi connectivity index (χ3n) is 4.88. The lowest BCUT2D eigenvalue weighted by Gasteiger charge is -2.23. The fraction of sp³-hybridized carbons (Fsp3) is 0.167. The summed E-state index contributed by atoms with van der Waals surface area (Å²) in [4.78, 5) is 25.3. The standard InChI is InChI=1S/C24H24N2O3/c1-16-9-7-10-17(2)21(16)26-22(27)18-11-8-14-20(15-18)25-23(28)24(3,29)19-12-5-4-6-13-19/h4-15,29H,1-3H3,(H,25,28)(H,26,27)/t24-/m1/s1. The first-order valence-corrected chi connectivity index (χ1v) is 9.36. The second-order valence-corrected chi connectivity index (χ2v) is 7.19. The van der Waals surface area contributed by atoms with E-state index in [4.69, 9.17) is 0 Å². The van der Waals surface area contributed by atoms with E-state index in [0.717, 1.165) is 16.8 Å². The van der Waals surface area contributed by atoms with Crippen LogP contribution in [0.2, 0.25) is 0 Å². The lowest BCUT2D eigenvalue weighted by Crippen LogP contribution is -2.37. The van der Waals surface area contributed by atoms with Crippen LogP contribution in [0.5, 0.6) is 0 Å². The fourth-order valence-corrected chi connectivity index (χ4v) is 3.08. The van der Waals surface area contributed by atoms with Crippen molar-refractivity contribution in [2.24, 2.45) is 0 Å². The summed E-state index contributed by atoms with van der Waals surface area (Å²) in [5.41, 5.74) is 2.35. The van der Waals surface area contributed by atoms with E-state index in [9.17, 15) is 14.7 Å². The predicted octanol–water partition coefficient (Wildman–Crippen LogP) is 4.40. The molecule has 2 amide bonds. The minimum Gasteiger partial charge on any atom is -0.376 e. The maximum atomic E-state index is 12.7. The Balaban J connectivity index is 1.77. The molecule has 3 rings (SSSR count). The van der Waals surface area contributed by atoms with Gasteiger partial charge in [0.15, 0.2) is 5.60 Å². The number of hydrogen-bond donors (Lipinski definition) is 3. The van der Waals surface area contributed by atoms with Gasteiger partial charge in [0.25, 0.3) is 11.8 Å². The topological polar surface area (TPSA) is 78.4 Å². The highest BCUT2D eigenvalue weighted by Crippen LogP contribution is 2.24. The molecule has 29 heavy (non-hydrogen) atoms. The summed E-state index contributed by atoms with van der Waals surface area (Å²) >= 11 is 0. The number of carbonyl (C=O) groups excluding carboxylic acids is 2. The average Bonchev–Trinajstić information content (AvgIpc) is 2.71. The van der Waals surface area contributed by atoms with E-state index in [1.807, 2.05) is 38.1 Å². The maximum Gasteiger partial charge on any atom is 0.260 e. The normalized spacial score (nSPS) is 12.7. The van der Waals surface area contributed by atoms with Crippen molar-refractivity contribution in [2.75, 3.05) is 10.6 Å². The molecule has 0 heterocycles. The van der Waals surface area contributed by atoms with Crippen LogP contribution in [-0.4, -0.2) is 16.9 Å². The second-order valence-electron chi connectivity index (χ2n) is 7.19. The van der Waals surface area contributed by atoms with E-state index < -0.39 is 11.5 Å². The number of para-hydroxylation sites is 1. The van der Waals surface area contributed by atoms with Gasteiger partial charge in [-0.05, 0) is 55.7 Å². The Kier molecular flexibility index (Phi) is 5.80. The highest BCUT2D eigenvalue weighted by Gasteiger charge is 2.32. The minimum atomic E-state index is -1.70. The highest BCUT2D eigenvalue weighted by molar-refractivity contribution is 6.06. The largest absolute Gasteiger partial charge is 0.376 e. The van der Waals surface area contributed by atoms with Crippen molar-refractivity contribution in [3.8, 4) is 0 Å². The fourth-order valence-electron chi connectivity index (χ4n) is 3.08. The minimum absolute atomic E-state index is 0.270. The molecule has 5 heteroatoms. The SMILES string of the molecule is Cc1cccc(C)c1NC(=O)c1cccc(NC(=O)[C@](C)(O)c2ccccc2)c1. The maximum absolute atomic E-state index is 12.7. The summed E-state index contributed by atoms with van der Waals surface area (Å²) in [5.74, 6) is -0.843. The van der Waals surface area contributed by atoms with Crippen LogP contribution in [0.25, 0.3) is 0 Å². The summed E-state index contributed by atoms with van der Waals surface area (Å²) in [6, 6.07) is 21.1. The van der Waals surface area contributed by atoms with Crippen LogP contribution in [0.15, 0.2) is 72.8 Å². The van der Waals surface area contributed by atoms with Gasteiger partial charge in [0, 0.05) is 16.9 Å². The Hall–Kier alpha value is -3.44. The van der Waals surface area contributed by atoms with Gasteiger partial charge in [-0.2, -0.15) is 0 Å². The van der Waals surface area contributed by atoms with Crippen molar-refractivity contribution in [2.45, 2.75) is 26.4 Å². The molecule has 0 radical (unpaired) electrons. The van der Waals surface area contributed by atoms with Gasteiger partial charge in [-0.25, -0.2) is 0 Å². The summed E-state index contributed by atoms with van der Waals surface area (Å²) in [5, 5.41) is 16.3. The Morgan fingerprint density at radius 1 is 0.828 bits per heavy atom. The molecule has 0 aromatic heterocycles. The Morgan fingerprint density at radius 2 is 1.45 bits per heavy atom. The molecular formula is C24H24N2O3. The first-order valence-electron chi connectivity index (χ1n) is 9.36. The van der Waals surface area contributed by atoms with E-state index in [0.29, 0.717) is 16.8 Å². The van der Waals surface area contributed by atoms with Crippen LogP contribution >= 0.6 is 0 Å². The number of carbonyl (C=O) groups is 2. The third-order valence-corrected chi connectivity index (χ3v) is 4.88. The molecule has 1 atom stereocenters. The van der Waals surface area contributed by atoms with Crippen LogP contribution in [0.1, 0.15) is 34.0 Å². The van der Waals surface area contributed by atoms with Crippen molar-refractivity contribution in [1.82, 2.24) is 0 Å². The molecule has 0 saturated heterocycles. The highest BCUT2D eigenvalue weighted by atomic mass is 16.3. The number of nitrogens with one attached hydrogen (secondary N) is 2. The summed E-state index contributed by atoms with van der Waals surface area (Å²) in [6.45, 7) is 5.31. The van der Waals surface area contributed by atoms with Crippen LogP contribution < -0.4 is 10.6 Å². The molecule has 0 aliphatic heterocycles. The zero-order chi connectivity index (χ0) is 21.0. The van der Waals surface area contributed by atoms with Gasteiger partial charge >= 0.3 is 0 Å². The Bertz CT molecular complexity index is 1020. The number of rotatable bonds is 5. The monoisotopic (exact) mass is 388 g/mol. The van der Waals surface area contributed by atoms with Gasteiger partial charge in [-0.15, -0.1) is 0 Å². The van der Waals surface area contributed by atoms with Crippen molar-refractivity contribution < 1.29 is 14.7 Å². The zero-order valence-electron chi connectivity index (χ0n) is 16.7. The molecule has 0 bridgehead atoms. The van der Waals surface area contributed by atoms with Crippen LogP contribution in [0.4, 0.5) is 11.4 Å². The van der Waals surface area contributed by atoms with E-state index in [2.05, 4.69) is 10.6 Å². The molecule has 0 spiro atoms. The summed E-state index contributed by atoms with van der Waals surface area (Å²) in [7, 11) is 0. The molecule has 3 N–H and O–H groups in total. The number of aliphatic hydroxyl groups is 1. The summed E-state index contributed by atoms with van der Waals surface area (Å²) < 4.78 is 0. The van der Waals surface area contributed by atoms with Gasteiger partial charge < -0.3 is 15.7 Å². The molecule has 148 valence electrons. The first-order chi connectivity index (χ1) is 13.8. The molecular weight excluding hydrogens is 364 g/mol. The number of anilines is 2. The van der Waals surface area contributed by atoms with Crippen LogP contribution in [0.3, 0.4) is 0 Å². The van der Waals surface area contributed by atoms with Crippen molar-refractivity contribution in [1.29, 1.82) is 0 Å². The summed E-state index contributed by atoms with van der Waals surface area (Å²) in [6.07, 6.45) is 0. The lowest BCUT2D eigenvalue weighted by atomic mass is 9.95. The zero-order valence-corrected chi connectivity index (χ0v) is 16.7. The van der Waals surface area contributed by atoms with E-state index in [1.54, 1.807) is 48.5 Å². The van der Waals surface area contributed by atoms with Gasteiger partial charge in [-0.1, -0.05) is 54.6 Å². The Labute approximate surface area is 170 Å². The number of hydrogen-bond acceptors (Lipinski definition) is 3. The van der Waals surface area contributed by atoms with Gasteiger partial charge in [0.1, 0.15) is 0 Å². The Morgan fingerprint density at radius 3 is 2.10 bits per heavy atom. The van der Waals surface area contributed by atoms with Crippen molar-refractivity contribution >= 4 is 23.2 Å². The van der Waals surface area contributed by atoms with E-state index in [1.165, 1.54) is 6.92 Å². The number of amides is 2. The van der Waals surface area contributed by atoms with Crippen LogP contribution in [0, 0.1) is 13.8 Å². The lowest BCUT2D eigenvalue weighted by molar-refractivity contribution is -0.133. The van der Waals surface area contributed by atoms with E-state index in [-0.39, 0.29) is 5.91 Å². The second kappa shape index (κ2) is 8.29. The molecule has 0 aliphatic carbocycles. The molecule has 0 saturated carbocycles. The van der Waals surface area contributed by atoms with Crippen LogP contribution in [-0.2, 0) is 10.4 Å². The molecule has 3 aromatic rings. The average molecular weight is 388 g/mol. The number of aryl methyl sites for hydroxylation is 2. The number of benzene rings is 3. The molecule has 5 nitrogen and oxygen atoms in total. The van der Waals surface area contributed by atoms with E-state index >= 15 is 0 Å². The van der Waals surface area contributed by atoms with Gasteiger partial charge in [0.05, 0.1) is 0 Å². The predicted molar refractivity (Wildman–Crippen MR) is 115 cm³/mol. The smallest absolute Gasteiger partial charge is 0.260 e. The van der Waals surface area contributed by atoms with Gasteiger partial charge in [-0.3, -0.25) is 9.59 Å². The molecule has 0 aliphatic rings. The molecule has 3 aromatic carbocycles.